The van der Waals surface area contributed by atoms with Crippen molar-refractivity contribution in [2.45, 2.75) is 6.18 Å². The van der Waals surface area contributed by atoms with Crippen molar-refractivity contribution in [1.29, 1.82) is 0 Å². The molecule has 0 aliphatic heterocycles. The third-order valence-electron chi connectivity index (χ3n) is 1.66. The molecule has 0 amide bonds. The van der Waals surface area contributed by atoms with Gasteiger partial charge < -0.3 is 4.74 Å². The summed E-state index contributed by atoms with van der Waals surface area (Å²) in [5, 5.41) is 10.4. The van der Waals surface area contributed by atoms with Gasteiger partial charge in [0.05, 0.1) is 10.5 Å². The summed E-state index contributed by atoms with van der Waals surface area (Å²) in [6.45, 7) is -0.102. The third kappa shape index (κ3) is 2.47. The van der Waals surface area contributed by atoms with Gasteiger partial charge >= 0.3 is 11.9 Å². The van der Waals surface area contributed by atoms with Crippen molar-refractivity contribution >= 4 is 12.2 Å². The van der Waals surface area contributed by atoms with E-state index in [0.29, 0.717) is 12.1 Å². The van der Waals surface area contributed by atoms with Crippen LogP contribution in [0.15, 0.2) is 18.2 Å². The van der Waals surface area contributed by atoms with Crippen molar-refractivity contribution in [2.75, 3.05) is 0 Å². The van der Waals surface area contributed by atoms with E-state index in [1.807, 2.05) is 0 Å². The maximum Gasteiger partial charge on any atom is 0.416 e. The molecule has 0 radical (unpaired) electrons. The fourth-order valence-corrected chi connectivity index (χ4v) is 0.988. The van der Waals surface area contributed by atoms with E-state index in [1.54, 1.807) is 0 Å². The average molecular weight is 235 g/mol. The van der Waals surface area contributed by atoms with Crippen LogP contribution in [0.1, 0.15) is 5.56 Å². The van der Waals surface area contributed by atoms with E-state index in [0.717, 1.165) is 6.07 Å². The van der Waals surface area contributed by atoms with Crippen LogP contribution in [0.2, 0.25) is 0 Å². The van der Waals surface area contributed by atoms with Crippen LogP contribution in [0.3, 0.4) is 0 Å². The quantitative estimate of drug-likeness (QED) is 0.457. The lowest BCUT2D eigenvalue weighted by Crippen LogP contribution is -2.06. The van der Waals surface area contributed by atoms with Crippen molar-refractivity contribution in [3.63, 3.8) is 0 Å². The first kappa shape index (κ1) is 12.0. The first-order chi connectivity index (χ1) is 7.36. The van der Waals surface area contributed by atoms with Crippen LogP contribution >= 0.6 is 0 Å². The summed E-state index contributed by atoms with van der Waals surface area (Å²) in [6.07, 6.45) is -4.69. The molecule has 86 valence electrons. The number of nitro benzene ring substituents is 1. The molecule has 16 heavy (non-hydrogen) atoms. The molecular weight excluding hydrogens is 231 g/mol. The van der Waals surface area contributed by atoms with E-state index >= 15 is 0 Å². The molecule has 0 saturated carbocycles. The minimum atomic E-state index is -4.69. The number of ether oxygens (including phenoxy) is 1. The van der Waals surface area contributed by atoms with Gasteiger partial charge in [0.1, 0.15) is 0 Å². The Morgan fingerprint density at radius 1 is 1.38 bits per heavy atom. The Balaban J connectivity index is 3.28. The second kappa shape index (κ2) is 4.17. The molecule has 0 heterocycles. The molecule has 0 bridgehead atoms. The predicted molar refractivity (Wildman–Crippen MR) is 44.8 cm³/mol. The predicted octanol–water partition coefficient (Wildman–Crippen LogP) is 2.15. The summed E-state index contributed by atoms with van der Waals surface area (Å²) in [6, 6.07) is 1.61. The molecule has 0 aliphatic carbocycles. The minimum absolute atomic E-state index is 0.102. The molecule has 1 aromatic carbocycles. The number of carbonyl (C=O) groups excluding carboxylic acids is 1. The van der Waals surface area contributed by atoms with Gasteiger partial charge in [-0.15, -0.1) is 0 Å². The summed E-state index contributed by atoms with van der Waals surface area (Å²) in [5.41, 5.74) is -2.10. The number of carbonyl (C=O) groups is 1. The van der Waals surface area contributed by atoms with Gasteiger partial charge in [0, 0.05) is 6.07 Å². The van der Waals surface area contributed by atoms with Gasteiger partial charge in [0.2, 0.25) is 5.75 Å². The summed E-state index contributed by atoms with van der Waals surface area (Å²) < 4.78 is 40.8. The van der Waals surface area contributed by atoms with E-state index in [9.17, 15) is 28.1 Å². The number of hydrogen-bond donors (Lipinski definition) is 0. The molecule has 0 atom stereocenters. The fourth-order valence-electron chi connectivity index (χ4n) is 0.988. The molecule has 0 saturated heterocycles. The number of hydrogen-bond acceptors (Lipinski definition) is 4. The third-order valence-corrected chi connectivity index (χ3v) is 1.66. The second-order valence-electron chi connectivity index (χ2n) is 2.65. The highest BCUT2D eigenvalue weighted by Gasteiger charge is 2.33. The molecule has 0 aromatic heterocycles. The maximum atomic E-state index is 12.2. The highest BCUT2D eigenvalue weighted by Crippen LogP contribution is 2.35. The molecule has 1 rings (SSSR count). The van der Waals surface area contributed by atoms with Gasteiger partial charge in [0.15, 0.2) is 0 Å². The number of nitro groups is 1. The van der Waals surface area contributed by atoms with Crippen molar-refractivity contribution in [2.24, 2.45) is 0 Å². The Morgan fingerprint density at radius 2 is 2.00 bits per heavy atom. The number of alkyl halides is 3. The van der Waals surface area contributed by atoms with E-state index in [-0.39, 0.29) is 6.47 Å². The van der Waals surface area contributed by atoms with Crippen LogP contribution in [0.5, 0.6) is 5.75 Å². The Kier molecular flexibility index (Phi) is 3.11. The average Bonchev–Trinajstić information content (AvgIpc) is 2.16. The van der Waals surface area contributed by atoms with Crippen LogP contribution in [0, 0.1) is 10.1 Å². The summed E-state index contributed by atoms with van der Waals surface area (Å²) in [7, 11) is 0. The lowest BCUT2D eigenvalue weighted by Gasteiger charge is -2.07. The van der Waals surface area contributed by atoms with Crippen molar-refractivity contribution in [3.05, 3.63) is 33.9 Å². The zero-order valence-corrected chi connectivity index (χ0v) is 7.52. The summed E-state index contributed by atoms with van der Waals surface area (Å²) >= 11 is 0. The Bertz CT molecular complexity index is 430. The minimum Gasteiger partial charge on any atom is -0.421 e. The number of benzene rings is 1. The zero-order valence-electron chi connectivity index (χ0n) is 7.52. The van der Waals surface area contributed by atoms with Gasteiger partial charge in [-0.05, 0) is 12.1 Å². The summed E-state index contributed by atoms with van der Waals surface area (Å²) in [4.78, 5) is 19.3. The molecule has 0 unspecified atom stereocenters. The van der Waals surface area contributed by atoms with Gasteiger partial charge in [-0.1, -0.05) is 0 Å². The highest BCUT2D eigenvalue weighted by molar-refractivity contribution is 5.55. The SMILES string of the molecule is O=COc1ccc(C(F)(F)F)cc1[N+](=O)[O-]. The van der Waals surface area contributed by atoms with Crippen molar-refractivity contribution in [3.8, 4) is 5.75 Å². The zero-order chi connectivity index (χ0) is 12.3. The van der Waals surface area contributed by atoms with Crippen LogP contribution in [0.25, 0.3) is 0 Å². The Morgan fingerprint density at radius 3 is 2.44 bits per heavy atom. The van der Waals surface area contributed by atoms with Crippen molar-refractivity contribution in [1.82, 2.24) is 0 Å². The van der Waals surface area contributed by atoms with Crippen LogP contribution in [-0.2, 0) is 11.0 Å². The van der Waals surface area contributed by atoms with Crippen molar-refractivity contribution < 1.29 is 27.6 Å². The molecule has 5 nitrogen and oxygen atoms in total. The van der Waals surface area contributed by atoms with E-state index in [4.69, 9.17) is 0 Å². The van der Waals surface area contributed by atoms with E-state index in [1.165, 1.54) is 0 Å². The molecule has 0 N–H and O–H groups in total. The molecule has 0 spiro atoms. The topological polar surface area (TPSA) is 69.4 Å². The highest BCUT2D eigenvalue weighted by atomic mass is 19.4. The maximum absolute atomic E-state index is 12.2. The number of nitrogens with zero attached hydrogens (tertiary/aromatic N) is 1. The van der Waals surface area contributed by atoms with E-state index in [2.05, 4.69) is 4.74 Å². The van der Waals surface area contributed by atoms with Crippen LogP contribution in [-0.4, -0.2) is 11.4 Å². The largest absolute Gasteiger partial charge is 0.421 e. The molecule has 0 aliphatic rings. The first-order valence-corrected chi connectivity index (χ1v) is 3.82. The lowest BCUT2D eigenvalue weighted by molar-refractivity contribution is -0.385. The van der Waals surface area contributed by atoms with Gasteiger partial charge in [-0.3, -0.25) is 14.9 Å². The normalized spacial score (nSPS) is 10.9. The fraction of sp³-hybridized carbons (Fsp3) is 0.125. The molecular formula is C8H4F3NO4. The number of halogens is 3. The Labute approximate surface area is 86.6 Å². The monoisotopic (exact) mass is 235 g/mol. The first-order valence-electron chi connectivity index (χ1n) is 3.82. The molecule has 1 aromatic rings. The smallest absolute Gasteiger partial charge is 0.416 e. The second-order valence-corrected chi connectivity index (χ2v) is 2.65. The summed E-state index contributed by atoms with van der Waals surface area (Å²) in [5.74, 6) is -0.534. The Hall–Kier alpha value is -2.12. The van der Waals surface area contributed by atoms with Crippen LogP contribution < -0.4 is 4.74 Å². The number of rotatable bonds is 3. The molecule has 8 heteroatoms. The van der Waals surface area contributed by atoms with Gasteiger partial charge in [-0.25, -0.2) is 0 Å². The van der Waals surface area contributed by atoms with Gasteiger partial charge in [0.25, 0.3) is 6.47 Å². The van der Waals surface area contributed by atoms with E-state index < -0.39 is 28.1 Å². The van der Waals surface area contributed by atoms with Gasteiger partial charge in [-0.2, -0.15) is 13.2 Å². The standard InChI is InChI=1S/C8H4F3NO4/c9-8(10,11)5-1-2-7(16-4-13)6(3-5)12(14)15/h1-4H. The lowest BCUT2D eigenvalue weighted by atomic mass is 10.2. The molecule has 0 fully saturated rings. The van der Waals surface area contributed by atoms with Crippen LogP contribution in [0.4, 0.5) is 18.9 Å².